The first-order valence-corrected chi connectivity index (χ1v) is 6.50. The molecule has 0 spiro atoms. The van der Waals surface area contributed by atoms with E-state index in [4.69, 9.17) is 4.74 Å². The minimum absolute atomic E-state index is 0.0473. The van der Waals surface area contributed by atoms with Crippen LogP contribution in [-0.4, -0.2) is 30.9 Å². The van der Waals surface area contributed by atoms with E-state index in [1.54, 1.807) is 0 Å². The topological polar surface area (TPSA) is 38.3 Å². The van der Waals surface area contributed by atoms with E-state index in [0.717, 1.165) is 32.6 Å². The Labute approximate surface area is 104 Å². The lowest BCUT2D eigenvalue weighted by atomic mass is 9.82. The molecule has 0 radical (unpaired) electrons. The molecule has 1 N–H and O–H groups in total. The Morgan fingerprint density at radius 1 is 1.44 bits per heavy atom. The molecule has 1 rings (SSSR count). The number of thiol groups is 1. The van der Waals surface area contributed by atoms with E-state index in [9.17, 15) is 4.79 Å². The van der Waals surface area contributed by atoms with Crippen molar-refractivity contribution >= 4 is 18.5 Å². The first-order chi connectivity index (χ1) is 7.44. The van der Waals surface area contributed by atoms with Gasteiger partial charge in [-0.2, -0.15) is 12.6 Å². The van der Waals surface area contributed by atoms with Crippen LogP contribution in [0, 0.1) is 11.3 Å². The van der Waals surface area contributed by atoms with Crippen molar-refractivity contribution in [3.63, 3.8) is 0 Å². The number of ether oxygens (including phenoxy) is 1. The fourth-order valence-electron chi connectivity index (χ4n) is 1.75. The van der Waals surface area contributed by atoms with E-state index in [0.29, 0.717) is 0 Å². The number of nitrogens with one attached hydrogen (secondary N) is 1. The van der Waals surface area contributed by atoms with E-state index >= 15 is 0 Å². The molecule has 0 saturated carbocycles. The number of hydrogen-bond donors (Lipinski definition) is 2. The fraction of sp³-hybridized carbons (Fsp3) is 0.917. The van der Waals surface area contributed by atoms with Crippen LogP contribution in [0.3, 0.4) is 0 Å². The molecule has 16 heavy (non-hydrogen) atoms. The van der Waals surface area contributed by atoms with Crippen LogP contribution in [0.2, 0.25) is 0 Å². The van der Waals surface area contributed by atoms with Crippen molar-refractivity contribution in [2.75, 3.05) is 19.8 Å². The van der Waals surface area contributed by atoms with Gasteiger partial charge in [-0.25, -0.2) is 0 Å². The van der Waals surface area contributed by atoms with Crippen molar-refractivity contribution in [1.82, 2.24) is 5.32 Å². The van der Waals surface area contributed by atoms with Crippen molar-refractivity contribution in [2.45, 2.75) is 38.9 Å². The van der Waals surface area contributed by atoms with Crippen LogP contribution in [0.15, 0.2) is 0 Å². The molecular formula is C12H23NO2S. The van der Waals surface area contributed by atoms with Gasteiger partial charge in [0.05, 0.1) is 5.25 Å². The van der Waals surface area contributed by atoms with Crippen LogP contribution in [0.5, 0.6) is 0 Å². The summed E-state index contributed by atoms with van der Waals surface area (Å²) < 4.78 is 5.33. The molecule has 94 valence electrons. The number of hydrogen-bond acceptors (Lipinski definition) is 3. The third-order valence-corrected chi connectivity index (χ3v) is 4.12. The molecular weight excluding hydrogens is 222 g/mol. The lowest BCUT2D eigenvalue weighted by Gasteiger charge is -2.34. The Bertz CT molecular complexity index is 237. The molecule has 0 aromatic carbocycles. The van der Waals surface area contributed by atoms with Gasteiger partial charge in [0.25, 0.3) is 0 Å². The first kappa shape index (κ1) is 13.8. The number of carbonyl (C=O) groups excluding carboxylic acids is 1. The molecule has 1 fully saturated rings. The van der Waals surface area contributed by atoms with Gasteiger partial charge in [-0.1, -0.05) is 20.8 Å². The van der Waals surface area contributed by atoms with Crippen molar-refractivity contribution in [3.8, 4) is 0 Å². The van der Waals surface area contributed by atoms with Crippen LogP contribution in [-0.2, 0) is 9.53 Å². The minimum atomic E-state index is -0.205. The molecule has 1 aliphatic heterocycles. The van der Waals surface area contributed by atoms with E-state index in [1.807, 2.05) is 13.8 Å². The Morgan fingerprint density at radius 2 is 2.00 bits per heavy atom. The Kier molecular flexibility index (Phi) is 5.12. The van der Waals surface area contributed by atoms with E-state index in [1.165, 1.54) is 0 Å². The predicted molar refractivity (Wildman–Crippen MR) is 68.8 cm³/mol. The Hall–Kier alpha value is -0.220. The quantitative estimate of drug-likeness (QED) is 0.742. The standard InChI is InChI=1S/C12H23NO2S/c1-9(2)10(16)11(14)13-8-12(3)4-6-15-7-5-12/h9-10,16H,4-8H2,1-3H3,(H,13,14). The summed E-state index contributed by atoms with van der Waals surface area (Å²) in [5, 5.41) is 2.80. The molecule has 1 aliphatic rings. The summed E-state index contributed by atoms with van der Waals surface area (Å²) in [5.41, 5.74) is 0.193. The average Bonchev–Trinajstić information content (AvgIpc) is 2.26. The van der Waals surface area contributed by atoms with Crippen molar-refractivity contribution in [1.29, 1.82) is 0 Å². The van der Waals surface area contributed by atoms with Crippen molar-refractivity contribution in [2.24, 2.45) is 11.3 Å². The van der Waals surface area contributed by atoms with Crippen LogP contribution < -0.4 is 5.32 Å². The average molecular weight is 245 g/mol. The zero-order valence-corrected chi connectivity index (χ0v) is 11.3. The molecule has 0 bridgehead atoms. The van der Waals surface area contributed by atoms with Crippen molar-refractivity contribution < 1.29 is 9.53 Å². The van der Waals surface area contributed by atoms with Gasteiger partial charge in [-0.15, -0.1) is 0 Å². The second kappa shape index (κ2) is 5.92. The lowest BCUT2D eigenvalue weighted by molar-refractivity contribution is -0.122. The Balaban J connectivity index is 2.35. The van der Waals surface area contributed by atoms with Crippen LogP contribution in [0.1, 0.15) is 33.6 Å². The highest BCUT2D eigenvalue weighted by molar-refractivity contribution is 7.81. The Morgan fingerprint density at radius 3 is 2.50 bits per heavy atom. The maximum Gasteiger partial charge on any atom is 0.233 e. The smallest absolute Gasteiger partial charge is 0.233 e. The van der Waals surface area contributed by atoms with Gasteiger partial charge in [-0.05, 0) is 24.2 Å². The summed E-state index contributed by atoms with van der Waals surface area (Å²) >= 11 is 4.31. The number of rotatable bonds is 4. The third kappa shape index (κ3) is 3.98. The number of amides is 1. The molecule has 0 aromatic rings. The van der Waals surface area contributed by atoms with Gasteiger partial charge < -0.3 is 10.1 Å². The minimum Gasteiger partial charge on any atom is -0.381 e. The van der Waals surface area contributed by atoms with E-state index in [2.05, 4.69) is 24.9 Å². The van der Waals surface area contributed by atoms with Crippen molar-refractivity contribution in [3.05, 3.63) is 0 Å². The number of carbonyl (C=O) groups is 1. The monoisotopic (exact) mass is 245 g/mol. The van der Waals surface area contributed by atoms with Gasteiger partial charge >= 0.3 is 0 Å². The molecule has 1 atom stereocenters. The van der Waals surface area contributed by atoms with Gasteiger partial charge in [-0.3, -0.25) is 4.79 Å². The fourth-order valence-corrected chi connectivity index (χ4v) is 1.84. The molecule has 1 unspecified atom stereocenters. The molecule has 0 aliphatic carbocycles. The lowest BCUT2D eigenvalue weighted by Crippen LogP contribution is -2.43. The second-order valence-corrected chi connectivity index (χ2v) is 5.89. The zero-order chi connectivity index (χ0) is 12.2. The summed E-state index contributed by atoms with van der Waals surface area (Å²) in [6.07, 6.45) is 2.04. The predicted octanol–water partition coefficient (Wildman–Crippen LogP) is 1.87. The second-order valence-electron chi connectivity index (χ2n) is 5.33. The maximum atomic E-state index is 11.8. The van der Waals surface area contributed by atoms with Crippen LogP contribution in [0.25, 0.3) is 0 Å². The highest BCUT2D eigenvalue weighted by Crippen LogP contribution is 2.28. The molecule has 1 heterocycles. The largest absolute Gasteiger partial charge is 0.381 e. The van der Waals surface area contributed by atoms with Gasteiger partial charge in [0.1, 0.15) is 0 Å². The highest BCUT2D eigenvalue weighted by atomic mass is 32.1. The zero-order valence-electron chi connectivity index (χ0n) is 10.5. The van der Waals surface area contributed by atoms with E-state index in [-0.39, 0.29) is 22.5 Å². The SMILES string of the molecule is CC(C)C(S)C(=O)NCC1(C)CCOCC1. The molecule has 4 heteroatoms. The molecule has 1 saturated heterocycles. The van der Waals surface area contributed by atoms with E-state index < -0.39 is 0 Å². The van der Waals surface area contributed by atoms with Gasteiger partial charge in [0.15, 0.2) is 0 Å². The third-order valence-electron chi connectivity index (χ3n) is 3.29. The van der Waals surface area contributed by atoms with Crippen LogP contribution >= 0.6 is 12.6 Å². The molecule has 0 aromatic heterocycles. The van der Waals surface area contributed by atoms with Gasteiger partial charge in [0, 0.05) is 19.8 Å². The summed E-state index contributed by atoms with van der Waals surface area (Å²) in [6.45, 7) is 8.57. The molecule has 1 amide bonds. The molecule has 3 nitrogen and oxygen atoms in total. The summed E-state index contributed by atoms with van der Waals surface area (Å²) in [5.74, 6) is 0.317. The van der Waals surface area contributed by atoms with Crippen LogP contribution in [0.4, 0.5) is 0 Å². The normalized spacial score (nSPS) is 21.8. The van der Waals surface area contributed by atoms with Gasteiger partial charge in [0.2, 0.25) is 5.91 Å². The summed E-state index contributed by atoms with van der Waals surface area (Å²) in [7, 11) is 0. The first-order valence-electron chi connectivity index (χ1n) is 5.98. The maximum absolute atomic E-state index is 11.8. The highest BCUT2D eigenvalue weighted by Gasteiger charge is 2.28. The summed E-state index contributed by atoms with van der Waals surface area (Å²) in [6, 6.07) is 0. The summed E-state index contributed by atoms with van der Waals surface area (Å²) in [4.78, 5) is 11.8.